The van der Waals surface area contributed by atoms with Crippen LogP contribution in [0.5, 0.6) is 5.88 Å². The smallest absolute Gasteiger partial charge is 0.213 e. The van der Waals surface area contributed by atoms with Crippen LogP contribution in [-0.2, 0) is 0 Å². The van der Waals surface area contributed by atoms with Gasteiger partial charge in [0, 0.05) is 18.7 Å². The maximum absolute atomic E-state index is 5.15. The lowest BCUT2D eigenvalue weighted by Gasteiger charge is -2.12. The van der Waals surface area contributed by atoms with Crippen LogP contribution >= 0.6 is 0 Å². The zero-order valence-corrected chi connectivity index (χ0v) is 11.4. The van der Waals surface area contributed by atoms with Gasteiger partial charge in [-0.15, -0.1) is 0 Å². The highest BCUT2D eigenvalue weighted by molar-refractivity contribution is 5.50. The van der Waals surface area contributed by atoms with Crippen LogP contribution in [0.15, 0.2) is 23.8 Å². The van der Waals surface area contributed by atoms with Crippen molar-refractivity contribution in [2.24, 2.45) is 5.92 Å². The molecule has 0 unspecified atom stereocenters. The minimum absolute atomic E-state index is 0.532. The van der Waals surface area contributed by atoms with Gasteiger partial charge < -0.3 is 10.1 Å². The van der Waals surface area contributed by atoms with E-state index in [0.29, 0.717) is 11.8 Å². The molecule has 1 heterocycles. The van der Waals surface area contributed by atoms with Gasteiger partial charge in [-0.3, -0.25) is 0 Å². The van der Waals surface area contributed by atoms with E-state index < -0.39 is 0 Å². The Bertz CT molecular complexity index is 422. The molecule has 1 saturated carbocycles. The number of nitrogens with one attached hydrogen (secondary N) is 1. The van der Waals surface area contributed by atoms with Gasteiger partial charge >= 0.3 is 0 Å². The summed E-state index contributed by atoms with van der Waals surface area (Å²) in [5.41, 5.74) is 2.36. The second kappa shape index (κ2) is 6.01. The average Bonchev–Trinajstić information content (AvgIpc) is 3.18. The molecule has 1 aromatic heterocycles. The molecule has 1 aliphatic carbocycles. The lowest BCUT2D eigenvalue weighted by Crippen LogP contribution is -2.21. The Morgan fingerprint density at radius 1 is 1.50 bits per heavy atom. The Morgan fingerprint density at radius 3 is 2.89 bits per heavy atom. The Kier molecular flexibility index (Phi) is 4.37. The first kappa shape index (κ1) is 13.1. The fourth-order valence-electron chi connectivity index (χ4n) is 1.79. The van der Waals surface area contributed by atoms with E-state index in [-0.39, 0.29) is 0 Å². The SMILES string of the molecule is COc1cccc(/C=C(/CNC2CC2)C(C)C)n1. The first-order valence-corrected chi connectivity index (χ1v) is 6.64. The summed E-state index contributed by atoms with van der Waals surface area (Å²) in [5, 5.41) is 3.56. The molecule has 98 valence electrons. The Labute approximate surface area is 109 Å². The first-order valence-electron chi connectivity index (χ1n) is 6.64. The second-order valence-corrected chi connectivity index (χ2v) is 5.13. The van der Waals surface area contributed by atoms with Crippen LogP contribution in [0.2, 0.25) is 0 Å². The molecule has 0 radical (unpaired) electrons. The number of nitrogens with zero attached hydrogens (tertiary/aromatic N) is 1. The van der Waals surface area contributed by atoms with Crippen molar-refractivity contribution in [2.45, 2.75) is 32.7 Å². The Balaban J connectivity index is 2.08. The molecule has 0 aliphatic heterocycles. The molecule has 0 saturated heterocycles. The number of ether oxygens (including phenoxy) is 1. The molecule has 18 heavy (non-hydrogen) atoms. The highest BCUT2D eigenvalue weighted by Crippen LogP contribution is 2.21. The van der Waals surface area contributed by atoms with E-state index in [0.717, 1.165) is 18.3 Å². The van der Waals surface area contributed by atoms with Crippen molar-refractivity contribution >= 4 is 6.08 Å². The number of hydrogen-bond acceptors (Lipinski definition) is 3. The van der Waals surface area contributed by atoms with Gasteiger partial charge in [-0.25, -0.2) is 4.98 Å². The minimum Gasteiger partial charge on any atom is -0.481 e. The topological polar surface area (TPSA) is 34.1 Å². The Hall–Kier alpha value is -1.35. The van der Waals surface area contributed by atoms with Crippen molar-refractivity contribution in [2.75, 3.05) is 13.7 Å². The molecule has 2 rings (SSSR count). The molecule has 1 N–H and O–H groups in total. The van der Waals surface area contributed by atoms with Gasteiger partial charge in [0.1, 0.15) is 0 Å². The van der Waals surface area contributed by atoms with E-state index in [9.17, 15) is 0 Å². The third kappa shape index (κ3) is 3.84. The maximum Gasteiger partial charge on any atom is 0.213 e. The van der Waals surface area contributed by atoms with E-state index >= 15 is 0 Å². The largest absolute Gasteiger partial charge is 0.481 e. The molecule has 3 heteroatoms. The minimum atomic E-state index is 0.532. The predicted molar refractivity (Wildman–Crippen MR) is 74.6 cm³/mol. The number of hydrogen-bond donors (Lipinski definition) is 1. The van der Waals surface area contributed by atoms with Crippen LogP contribution in [0.4, 0.5) is 0 Å². The van der Waals surface area contributed by atoms with Gasteiger partial charge in [0.05, 0.1) is 12.8 Å². The van der Waals surface area contributed by atoms with Crippen LogP contribution in [-0.4, -0.2) is 24.7 Å². The number of aromatic nitrogens is 1. The summed E-state index contributed by atoms with van der Waals surface area (Å²) in [6.45, 7) is 5.41. The van der Waals surface area contributed by atoms with Crippen LogP contribution in [0.3, 0.4) is 0 Å². The summed E-state index contributed by atoms with van der Waals surface area (Å²) < 4.78 is 5.15. The summed E-state index contributed by atoms with van der Waals surface area (Å²) in [5.74, 6) is 1.20. The molecule has 0 atom stereocenters. The summed E-state index contributed by atoms with van der Waals surface area (Å²) in [7, 11) is 1.65. The molecule has 0 bridgehead atoms. The lowest BCUT2D eigenvalue weighted by atomic mass is 10.0. The first-order chi connectivity index (χ1) is 8.69. The van der Waals surface area contributed by atoms with Gasteiger partial charge in [-0.1, -0.05) is 25.5 Å². The predicted octanol–water partition coefficient (Wildman–Crippen LogP) is 2.88. The van der Waals surface area contributed by atoms with Crippen molar-refractivity contribution in [1.82, 2.24) is 10.3 Å². The Morgan fingerprint density at radius 2 is 2.28 bits per heavy atom. The number of methoxy groups -OCH3 is 1. The van der Waals surface area contributed by atoms with Gasteiger partial charge in [-0.05, 0) is 30.9 Å². The highest BCUT2D eigenvalue weighted by Gasteiger charge is 2.20. The van der Waals surface area contributed by atoms with Crippen molar-refractivity contribution in [3.63, 3.8) is 0 Å². The van der Waals surface area contributed by atoms with Crippen LogP contribution in [0.1, 0.15) is 32.4 Å². The standard InChI is InChI=1S/C15H22N2O/c1-11(2)12(10-16-13-7-8-13)9-14-5-4-6-15(17-14)18-3/h4-6,9,11,13,16H,7-8,10H2,1-3H3/b12-9-. The quantitative estimate of drug-likeness (QED) is 0.838. The summed E-state index contributed by atoms with van der Waals surface area (Å²) >= 11 is 0. The maximum atomic E-state index is 5.15. The van der Waals surface area contributed by atoms with Crippen molar-refractivity contribution in [3.8, 4) is 5.88 Å². The fraction of sp³-hybridized carbons (Fsp3) is 0.533. The van der Waals surface area contributed by atoms with E-state index in [1.165, 1.54) is 18.4 Å². The van der Waals surface area contributed by atoms with Crippen LogP contribution in [0.25, 0.3) is 6.08 Å². The van der Waals surface area contributed by atoms with E-state index in [1.807, 2.05) is 18.2 Å². The number of pyridine rings is 1. The molecule has 0 spiro atoms. The average molecular weight is 246 g/mol. The summed E-state index contributed by atoms with van der Waals surface area (Å²) in [6.07, 6.45) is 4.81. The zero-order valence-electron chi connectivity index (χ0n) is 11.4. The van der Waals surface area contributed by atoms with Gasteiger partial charge in [0.25, 0.3) is 0 Å². The summed E-state index contributed by atoms with van der Waals surface area (Å²) in [6, 6.07) is 6.60. The van der Waals surface area contributed by atoms with Crippen molar-refractivity contribution < 1.29 is 4.74 Å². The van der Waals surface area contributed by atoms with Crippen molar-refractivity contribution in [1.29, 1.82) is 0 Å². The van der Waals surface area contributed by atoms with E-state index in [1.54, 1.807) is 7.11 Å². The lowest BCUT2D eigenvalue weighted by molar-refractivity contribution is 0.397. The normalized spacial score (nSPS) is 16.1. The second-order valence-electron chi connectivity index (χ2n) is 5.13. The molecule has 1 aromatic rings. The van der Waals surface area contributed by atoms with Gasteiger partial charge in [-0.2, -0.15) is 0 Å². The highest BCUT2D eigenvalue weighted by atomic mass is 16.5. The third-order valence-electron chi connectivity index (χ3n) is 3.20. The van der Waals surface area contributed by atoms with E-state index in [2.05, 4.69) is 30.2 Å². The molecule has 0 aromatic carbocycles. The van der Waals surface area contributed by atoms with Crippen molar-refractivity contribution in [3.05, 3.63) is 29.5 Å². The molecule has 1 aliphatic rings. The molecule has 3 nitrogen and oxygen atoms in total. The molecule has 0 amide bonds. The van der Waals surface area contributed by atoms with Gasteiger partial charge in [0.15, 0.2) is 0 Å². The molecular weight excluding hydrogens is 224 g/mol. The number of rotatable bonds is 6. The zero-order chi connectivity index (χ0) is 13.0. The van der Waals surface area contributed by atoms with Crippen LogP contribution in [0, 0.1) is 5.92 Å². The fourth-order valence-corrected chi connectivity index (χ4v) is 1.79. The monoisotopic (exact) mass is 246 g/mol. The summed E-state index contributed by atoms with van der Waals surface area (Å²) in [4.78, 5) is 4.43. The molecule has 1 fully saturated rings. The third-order valence-corrected chi connectivity index (χ3v) is 3.20. The van der Waals surface area contributed by atoms with Gasteiger partial charge in [0.2, 0.25) is 5.88 Å². The van der Waals surface area contributed by atoms with Crippen LogP contribution < -0.4 is 10.1 Å². The molecular formula is C15H22N2O. The van der Waals surface area contributed by atoms with E-state index in [4.69, 9.17) is 4.74 Å².